The van der Waals surface area contributed by atoms with E-state index in [0.717, 1.165) is 28.0 Å². The number of anilines is 1. The summed E-state index contributed by atoms with van der Waals surface area (Å²) >= 11 is 0. The lowest BCUT2D eigenvalue weighted by Gasteiger charge is -2.14. The van der Waals surface area contributed by atoms with Gasteiger partial charge in [0.25, 0.3) is 0 Å². The van der Waals surface area contributed by atoms with Crippen LogP contribution in [0.1, 0.15) is 38.6 Å². The number of nitrogens with two attached hydrogens (primary N) is 1. The van der Waals surface area contributed by atoms with E-state index in [2.05, 4.69) is 26.4 Å². The Bertz CT molecular complexity index is 905. The summed E-state index contributed by atoms with van der Waals surface area (Å²) in [5, 5.41) is 8.88. The van der Waals surface area contributed by atoms with E-state index in [1.807, 2.05) is 18.5 Å². The smallest absolute Gasteiger partial charge is 0.241 e. The second-order valence-corrected chi connectivity index (χ2v) is 6.71. The third-order valence-corrected chi connectivity index (χ3v) is 4.96. The van der Waals surface area contributed by atoms with Crippen molar-refractivity contribution in [2.45, 2.75) is 44.7 Å². The largest absolute Gasteiger partial charge is 0.368 e. The molecule has 3 heterocycles. The summed E-state index contributed by atoms with van der Waals surface area (Å²) in [6.07, 6.45) is 10.4. The number of nitrogens with zero attached hydrogens (tertiary/aromatic N) is 3. The second kappa shape index (κ2) is 6.23. The molecule has 4 N–H and O–H groups in total. The molecule has 0 saturated heterocycles. The second-order valence-electron chi connectivity index (χ2n) is 6.71. The van der Waals surface area contributed by atoms with Crippen molar-refractivity contribution < 1.29 is 4.79 Å². The number of pyridine rings is 1. The minimum atomic E-state index is -0.478. The molecule has 0 bridgehead atoms. The number of aromatic amines is 1. The fourth-order valence-electron chi connectivity index (χ4n) is 3.45. The molecule has 3 aromatic heterocycles. The highest BCUT2D eigenvalue weighted by Crippen LogP contribution is 2.31. The molecule has 0 spiro atoms. The van der Waals surface area contributed by atoms with E-state index in [4.69, 9.17) is 5.73 Å². The predicted molar refractivity (Wildman–Crippen MR) is 97.1 cm³/mol. The molecule has 1 saturated carbocycles. The van der Waals surface area contributed by atoms with Crippen LogP contribution in [0.4, 0.5) is 5.82 Å². The Balaban J connectivity index is 1.72. The van der Waals surface area contributed by atoms with E-state index in [1.54, 1.807) is 17.8 Å². The zero-order valence-corrected chi connectivity index (χ0v) is 14.2. The number of amides is 1. The molecule has 0 aromatic carbocycles. The number of primary amides is 1. The van der Waals surface area contributed by atoms with Gasteiger partial charge in [-0.1, -0.05) is 12.8 Å². The molecule has 1 atom stereocenters. The van der Waals surface area contributed by atoms with Gasteiger partial charge in [-0.15, -0.1) is 0 Å². The minimum Gasteiger partial charge on any atom is -0.368 e. The fourth-order valence-corrected chi connectivity index (χ4v) is 3.45. The van der Waals surface area contributed by atoms with Crippen LogP contribution < -0.4 is 11.1 Å². The van der Waals surface area contributed by atoms with Crippen molar-refractivity contribution in [2.75, 3.05) is 5.32 Å². The van der Waals surface area contributed by atoms with Crippen LogP contribution in [0.15, 0.2) is 30.7 Å². The van der Waals surface area contributed by atoms with Gasteiger partial charge < -0.3 is 16.0 Å². The van der Waals surface area contributed by atoms with Crippen molar-refractivity contribution in [3.8, 4) is 11.1 Å². The van der Waals surface area contributed by atoms with Gasteiger partial charge in [0.05, 0.1) is 6.20 Å². The van der Waals surface area contributed by atoms with E-state index in [1.165, 1.54) is 25.7 Å². The Hall–Kier alpha value is -2.83. The first-order valence-electron chi connectivity index (χ1n) is 8.70. The van der Waals surface area contributed by atoms with Gasteiger partial charge in [0.15, 0.2) is 0 Å². The first kappa shape index (κ1) is 15.7. The Morgan fingerprint density at radius 1 is 1.44 bits per heavy atom. The van der Waals surface area contributed by atoms with E-state index >= 15 is 0 Å². The standard InChI is InChI=1S/C18H22N6O/c1-11(17(19)25)24-10-12(9-21-24)15-8-16(22-13-4-2-3-5-13)23-18-14(15)6-7-20-18/h6-11,13H,2-5H2,1H3,(H2,19,25)(H2,20,22,23)/t11-/m1/s1. The molecule has 7 heteroatoms. The van der Waals surface area contributed by atoms with Crippen LogP contribution in [0.3, 0.4) is 0 Å². The molecule has 1 aliphatic rings. The SMILES string of the molecule is C[C@H](C(N)=O)n1cc(-c2cc(NC3CCCC3)nc3[nH]ccc23)cn1. The molecule has 3 aromatic rings. The Morgan fingerprint density at radius 3 is 3.00 bits per heavy atom. The topological polar surface area (TPSA) is 102 Å². The maximum absolute atomic E-state index is 11.4. The van der Waals surface area contributed by atoms with Crippen molar-refractivity contribution in [3.63, 3.8) is 0 Å². The molecule has 1 aliphatic carbocycles. The summed E-state index contributed by atoms with van der Waals surface area (Å²) in [5.74, 6) is 0.465. The van der Waals surface area contributed by atoms with Gasteiger partial charge in [0.2, 0.25) is 5.91 Å². The molecule has 1 fully saturated rings. The van der Waals surface area contributed by atoms with Gasteiger partial charge in [0, 0.05) is 29.4 Å². The van der Waals surface area contributed by atoms with Gasteiger partial charge in [-0.05, 0) is 37.5 Å². The van der Waals surface area contributed by atoms with Gasteiger partial charge >= 0.3 is 0 Å². The van der Waals surface area contributed by atoms with Crippen molar-refractivity contribution >= 4 is 22.8 Å². The number of fused-ring (bicyclic) bond motifs is 1. The number of rotatable bonds is 5. The lowest BCUT2D eigenvalue weighted by molar-refractivity contribution is -0.120. The van der Waals surface area contributed by atoms with Crippen LogP contribution in [-0.2, 0) is 4.79 Å². The predicted octanol–water partition coefficient (Wildman–Crippen LogP) is 2.83. The molecule has 0 aliphatic heterocycles. The molecule has 1 amide bonds. The van der Waals surface area contributed by atoms with E-state index in [9.17, 15) is 4.79 Å². The number of H-pyrrole nitrogens is 1. The average molecular weight is 338 g/mol. The van der Waals surface area contributed by atoms with Crippen molar-refractivity contribution in [1.29, 1.82) is 0 Å². The van der Waals surface area contributed by atoms with Crippen molar-refractivity contribution in [3.05, 3.63) is 30.7 Å². The summed E-state index contributed by atoms with van der Waals surface area (Å²) in [7, 11) is 0. The quantitative estimate of drug-likeness (QED) is 0.665. The third-order valence-electron chi connectivity index (χ3n) is 4.96. The van der Waals surface area contributed by atoms with Crippen LogP contribution in [0.5, 0.6) is 0 Å². The normalized spacial score (nSPS) is 16.4. The molecule has 4 rings (SSSR count). The van der Waals surface area contributed by atoms with Crippen LogP contribution in [-0.4, -0.2) is 31.7 Å². The monoisotopic (exact) mass is 338 g/mol. The highest BCUT2D eigenvalue weighted by Gasteiger charge is 2.18. The van der Waals surface area contributed by atoms with Crippen LogP contribution in [0.2, 0.25) is 0 Å². The van der Waals surface area contributed by atoms with E-state index in [-0.39, 0.29) is 0 Å². The number of carbonyl (C=O) groups excluding carboxylic acids is 1. The first-order chi connectivity index (χ1) is 12.1. The lowest BCUT2D eigenvalue weighted by atomic mass is 10.1. The van der Waals surface area contributed by atoms with Gasteiger partial charge in [-0.2, -0.15) is 5.10 Å². The van der Waals surface area contributed by atoms with Crippen molar-refractivity contribution in [2.24, 2.45) is 5.73 Å². The first-order valence-corrected chi connectivity index (χ1v) is 8.70. The van der Waals surface area contributed by atoms with Gasteiger partial charge in [-0.3, -0.25) is 9.48 Å². The Morgan fingerprint density at radius 2 is 2.24 bits per heavy atom. The summed E-state index contributed by atoms with van der Waals surface area (Å²) in [5.41, 5.74) is 8.20. The lowest BCUT2D eigenvalue weighted by Crippen LogP contribution is -2.24. The molecule has 0 unspecified atom stereocenters. The van der Waals surface area contributed by atoms with Crippen LogP contribution in [0, 0.1) is 0 Å². The zero-order chi connectivity index (χ0) is 17.4. The highest BCUT2D eigenvalue weighted by atomic mass is 16.1. The minimum absolute atomic E-state index is 0.403. The number of nitrogens with one attached hydrogen (secondary N) is 2. The molecule has 0 radical (unpaired) electrons. The van der Waals surface area contributed by atoms with Crippen LogP contribution >= 0.6 is 0 Å². The molecular formula is C18H22N6O. The number of hydrogen-bond acceptors (Lipinski definition) is 4. The Labute approximate surface area is 145 Å². The summed E-state index contributed by atoms with van der Waals surface area (Å²) in [6.45, 7) is 1.74. The molecule has 130 valence electrons. The van der Waals surface area contributed by atoms with E-state index in [0.29, 0.717) is 6.04 Å². The van der Waals surface area contributed by atoms with Crippen molar-refractivity contribution in [1.82, 2.24) is 19.7 Å². The molecule has 25 heavy (non-hydrogen) atoms. The highest BCUT2D eigenvalue weighted by molar-refractivity contribution is 5.94. The average Bonchev–Trinajstić information content (AvgIpc) is 3.34. The number of aromatic nitrogens is 4. The van der Waals surface area contributed by atoms with Gasteiger partial charge in [0.1, 0.15) is 17.5 Å². The Kier molecular flexibility index (Phi) is 3.91. The van der Waals surface area contributed by atoms with Gasteiger partial charge in [-0.25, -0.2) is 4.98 Å². The maximum Gasteiger partial charge on any atom is 0.241 e. The molecule has 7 nitrogen and oxygen atoms in total. The fraction of sp³-hybridized carbons (Fsp3) is 0.389. The molecular weight excluding hydrogens is 316 g/mol. The third kappa shape index (κ3) is 2.97. The summed E-state index contributed by atoms with van der Waals surface area (Å²) in [4.78, 5) is 19.3. The van der Waals surface area contributed by atoms with Crippen LogP contribution in [0.25, 0.3) is 22.2 Å². The number of hydrogen-bond donors (Lipinski definition) is 3. The summed E-state index contributed by atoms with van der Waals surface area (Å²) in [6, 6.07) is 4.08. The zero-order valence-electron chi connectivity index (χ0n) is 14.2. The summed E-state index contributed by atoms with van der Waals surface area (Å²) < 4.78 is 1.60. The van der Waals surface area contributed by atoms with E-state index < -0.39 is 11.9 Å². The maximum atomic E-state index is 11.4. The number of carbonyl (C=O) groups is 1.